The molecule has 0 fully saturated rings. The Morgan fingerprint density at radius 2 is 1.95 bits per heavy atom. The van der Waals surface area contributed by atoms with Crippen LogP contribution in [0.4, 0.5) is 5.69 Å². The van der Waals surface area contributed by atoms with Crippen molar-refractivity contribution in [2.24, 2.45) is 0 Å². The summed E-state index contributed by atoms with van der Waals surface area (Å²) in [5.41, 5.74) is 3.04. The molecule has 3 rings (SSSR count). The first kappa shape index (κ1) is 14.1. The van der Waals surface area contributed by atoms with Gasteiger partial charge in [-0.1, -0.05) is 52.3 Å². The predicted molar refractivity (Wildman–Crippen MR) is 86.2 cm³/mol. The van der Waals surface area contributed by atoms with Crippen LogP contribution in [0.3, 0.4) is 0 Å². The highest BCUT2D eigenvalue weighted by atomic mass is 79.9. The summed E-state index contributed by atoms with van der Waals surface area (Å²) in [7, 11) is 0. The second kappa shape index (κ2) is 6.31. The quantitative estimate of drug-likeness (QED) is 0.851. The van der Waals surface area contributed by atoms with Crippen LogP contribution < -0.4 is 5.32 Å². The smallest absolute Gasteiger partial charge is 0.313 e. The van der Waals surface area contributed by atoms with E-state index in [4.69, 9.17) is 4.74 Å². The van der Waals surface area contributed by atoms with Gasteiger partial charge in [0.1, 0.15) is 6.61 Å². The van der Waals surface area contributed by atoms with E-state index in [9.17, 15) is 4.79 Å². The van der Waals surface area contributed by atoms with Gasteiger partial charge in [-0.05, 0) is 24.1 Å². The molecule has 1 N–H and O–H groups in total. The van der Waals surface area contributed by atoms with E-state index in [2.05, 4.69) is 21.2 Å². The van der Waals surface area contributed by atoms with Crippen LogP contribution in [0.1, 0.15) is 23.5 Å². The van der Waals surface area contributed by atoms with Crippen molar-refractivity contribution in [2.45, 2.75) is 18.9 Å². The fraction of sp³-hybridized carbons (Fsp3) is 0.235. The number of nitrogens with one attached hydrogen (secondary N) is 1. The van der Waals surface area contributed by atoms with Crippen molar-refractivity contribution in [1.29, 1.82) is 0 Å². The molecular weight excluding hydrogens is 330 g/mol. The number of fused-ring (bicyclic) bond motifs is 1. The molecule has 1 unspecified atom stereocenters. The summed E-state index contributed by atoms with van der Waals surface area (Å²) in [6, 6.07) is 15.7. The van der Waals surface area contributed by atoms with E-state index < -0.39 is 0 Å². The monoisotopic (exact) mass is 345 g/mol. The number of carbonyl (C=O) groups is 1. The Morgan fingerprint density at radius 3 is 2.81 bits per heavy atom. The molecule has 2 aromatic carbocycles. The Hall–Kier alpha value is -1.81. The Balaban J connectivity index is 1.71. The van der Waals surface area contributed by atoms with E-state index in [1.807, 2.05) is 48.5 Å². The first-order valence-corrected chi connectivity index (χ1v) is 7.78. The third-order valence-electron chi connectivity index (χ3n) is 3.70. The molecule has 0 bridgehead atoms. The summed E-state index contributed by atoms with van der Waals surface area (Å²) in [5.74, 6) is -0.329. The molecule has 0 aliphatic carbocycles. The van der Waals surface area contributed by atoms with Crippen molar-refractivity contribution in [3.8, 4) is 0 Å². The molecule has 0 aromatic heterocycles. The van der Waals surface area contributed by atoms with Gasteiger partial charge in [0.25, 0.3) is 0 Å². The van der Waals surface area contributed by atoms with Gasteiger partial charge in [0.2, 0.25) is 0 Å². The van der Waals surface area contributed by atoms with Crippen molar-refractivity contribution in [3.63, 3.8) is 0 Å². The molecule has 1 aliphatic heterocycles. The molecular formula is C17H16BrNO2. The Bertz CT molecular complexity index is 657. The summed E-state index contributed by atoms with van der Waals surface area (Å²) in [5, 5.41) is 3.32. The second-order valence-electron chi connectivity index (χ2n) is 5.05. The number of hydrogen-bond acceptors (Lipinski definition) is 3. The molecule has 2 aromatic rings. The molecule has 3 nitrogen and oxygen atoms in total. The maximum atomic E-state index is 12.4. The zero-order chi connectivity index (χ0) is 14.7. The summed E-state index contributed by atoms with van der Waals surface area (Å²) >= 11 is 3.47. The Kier molecular flexibility index (Phi) is 4.25. The van der Waals surface area contributed by atoms with Gasteiger partial charge in [-0.2, -0.15) is 0 Å². The van der Waals surface area contributed by atoms with Crippen molar-refractivity contribution < 1.29 is 9.53 Å². The van der Waals surface area contributed by atoms with Crippen LogP contribution in [0, 0.1) is 0 Å². The van der Waals surface area contributed by atoms with Crippen LogP contribution in [-0.2, 0) is 16.1 Å². The lowest BCUT2D eigenvalue weighted by Gasteiger charge is -2.25. The first-order chi connectivity index (χ1) is 10.3. The van der Waals surface area contributed by atoms with Crippen molar-refractivity contribution in [2.75, 3.05) is 11.9 Å². The molecule has 1 atom stereocenters. The molecule has 0 amide bonds. The number of rotatable bonds is 3. The third-order valence-corrected chi connectivity index (χ3v) is 4.47. The molecule has 0 saturated carbocycles. The summed E-state index contributed by atoms with van der Waals surface area (Å²) in [4.78, 5) is 12.4. The predicted octanol–water partition coefficient (Wildman–Crippen LogP) is 4.09. The van der Waals surface area contributed by atoms with Crippen molar-refractivity contribution in [1.82, 2.24) is 0 Å². The number of anilines is 1. The largest absolute Gasteiger partial charge is 0.460 e. The minimum atomic E-state index is -0.176. The average molecular weight is 346 g/mol. The number of benzene rings is 2. The minimum Gasteiger partial charge on any atom is -0.460 e. The van der Waals surface area contributed by atoms with Crippen LogP contribution >= 0.6 is 15.9 Å². The fourth-order valence-corrected chi connectivity index (χ4v) is 2.98. The first-order valence-electron chi connectivity index (χ1n) is 6.98. The van der Waals surface area contributed by atoms with Gasteiger partial charge in [-0.15, -0.1) is 0 Å². The second-order valence-corrected chi connectivity index (χ2v) is 5.91. The fourth-order valence-electron chi connectivity index (χ4n) is 2.58. The lowest BCUT2D eigenvalue weighted by molar-refractivity contribution is -0.147. The normalized spacial score (nSPS) is 16.7. The Labute approximate surface area is 132 Å². The zero-order valence-electron chi connectivity index (χ0n) is 11.5. The molecule has 1 aliphatic rings. The van der Waals surface area contributed by atoms with Gasteiger partial charge in [0, 0.05) is 22.3 Å². The number of carbonyl (C=O) groups excluding carboxylic acids is 1. The maximum absolute atomic E-state index is 12.4. The van der Waals surface area contributed by atoms with Gasteiger partial charge >= 0.3 is 5.97 Å². The molecule has 0 radical (unpaired) electrons. The maximum Gasteiger partial charge on any atom is 0.313 e. The Morgan fingerprint density at radius 1 is 1.19 bits per heavy atom. The van der Waals surface area contributed by atoms with Crippen molar-refractivity contribution in [3.05, 3.63) is 64.1 Å². The van der Waals surface area contributed by atoms with Gasteiger partial charge in [-0.3, -0.25) is 4.79 Å². The molecule has 0 spiro atoms. The topological polar surface area (TPSA) is 38.3 Å². The third kappa shape index (κ3) is 3.10. The van der Waals surface area contributed by atoms with Crippen molar-refractivity contribution >= 4 is 27.6 Å². The van der Waals surface area contributed by atoms with Crippen LogP contribution in [0.5, 0.6) is 0 Å². The summed E-state index contributed by atoms with van der Waals surface area (Å²) in [6.07, 6.45) is 0.770. The van der Waals surface area contributed by atoms with Crippen LogP contribution in [0.15, 0.2) is 53.0 Å². The SMILES string of the molecule is O=C(OCc1ccccc1Br)C1CCNc2ccccc21. The average Bonchev–Trinajstić information content (AvgIpc) is 2.53. The van der Waals surface area contributed by atoms with Gasteiger partial charge in [-0.25, -0.2) is 0 Å². The lowest BCUT2D eigenvalue weighted by atomic mass is 9.91. The van der Waals surface area contributed by atoms with Crippen LogP contribution in [0.2, 0.25) is 0 Å². The molecule has 1 heterocycles. The molecule has 21 heavy (non-hydrogen) atoms. The highest BCUT2D eigenvalue weighted by Crippen LogP contribution is 2.32. The number of ether oxygens (including phenoxy) is 1. The van der Waals surface area contributed by atoms with Crippen LogP contribution in [0.25, 0.3) is 0 Å². The van der Waals surface area contributed by atoms with E-state index in [1.54, 1.807) is 0 Å². The number of esters is 1. The number of halogens is 1. The van der Waals surface area contributed by atoms with E-state index >= 15 is 0 Å². The van der Waals surface area contributed by atoms with E-state index in [-0.39, 0.29) is 11.9 Å². The zero-order valence-corrected chi connectivity index (χ0v) is 13.1. The lowest BCUT2D eigenvalue weighted by Crippen LogP contribution is -2.24. The number of para-hydroxylation sites is 1. The van der Waals surface area contributed by atoms with Crippen LogP contribution in [-0.4, -0.2) is 12.5 Å². The number of hydrogen-bond donors (Lipinski definition) is 1. The highest BCUT2D eigenvalue weighted by Gasteiger charge is 2.27. The van der Waals surface area contributed by atoms with Gasteiger partial charge in [0.15, 0.2) is 0 Å². The standard InChI is InChI=1S/C17H16BrNO2/c18-15-7-3-1-5-12(15)11-21-17(20)14-9-10-19-16-8-4-2-6-13(14)16/h1-8,14,19H,9-11H2. The van der Waals surface area contributed by atoms with E-state index in [0.29, 0.717) is 6.61 Å². The minimum absolute atomic E-state index is 0.153. The van der Waals surface area contributed by atoms with E-state index in [1.165, 1.54) is 0 Å². The molecule has 108 valence electrons. The van der Waals surface area contributed by atoms with E-state index in [0.717, 1.165) is 34.3 Å². The molecule has 0 saturated heterocycles. The molecule has 4 heteroatoms. The van der Waals surface area contributed by atoms with Gasteiger partial charge < -0.3 is 10.1 Å². The highest BCUT2D eigenvalue weighted by molar-refractivity contribution is 9.10. The van der Waals surface area contributed by atoms with Gasteiger partial charge in [0.05, 0.1) is 5.92 Å². The summed E-state index contributed by atoms with van der Waals surface area (Å²) < 4.78 is 6.47. The summed E-state index contributed by atoms with van der Waals surface area (Å²) in [6.45, 7) is 1.10.